The van der Waals surface area contributed by atoms with Gasteiger partial charge in [0, 0.05) is 0 Å². The first-order valence-corrected chi connectivity index (χ1v) is 2.80. The summed E-state index contributed by atoms with van der Waals surface area (Å²) in [5, 5.41) is 0. The lowest BCUT2D eigenvalue weighted by Crippen LogP contribution is -1.56. The van der Waals surface area contributed by atoms with E-state index in [9.17, 15) is 26.3 Å². The Morgan fingerprint density at radius 1 is 0.923 bits per heavy atom. The molecule has 78 valence electrons. The first-order valence-electron chi connectivity index (χ1n) is 2.36. The van der Waals surface area contributed by atoms with Gasteiger partial charge in [-0.2, -0.15) is 26.3 Å². The van der Waals surface area contributed by atoms with Gasteiger partial charge in [0.2, 0.25) is 0 Å². The smallest absolute Gasteiger partial charge is 0.174 e. The van der Waals surface area contributed by atoms with Crippen LogP contribution in [-0.4, -0.2) is 0 Å². The highest BCUT2D eigenvalue weighted by molar-refractivity contribution is 6.25. The quantitative estimate of drug-likeness (QED) is 0.523. The molecule has 7 heteroatoms. The highest BCUT2D eigenvalue weighted by atomic mass is 35.5. The zero-order chi connectivity index (χ0) is 11.4. The number of rotatable bonds is 0. The van der Waals surface area contributed by atoms with Crippen LogP contribution in [0.25, 0.3) is 0 Å². The molecule has 0 N–H and O–H groups in total. The highest BCUT2D eigenvalue weighted by Crippen LogP contribution is 2.08. The van der Waals surface area contributed by atoms with E-state index in [0.29, 0.717) is 0 Å². The van der Waals surface area contributed by atoms with E-state index in [0.717, 1.165) is 0 Å². The van der Waals surface area contributed by atoms with Crippen molar-refractivity contribution in [3.05, 3.63) is 36.9 Å². The van der Waals surface area contributed by atoms with Gasteiger partial charge in [0.25, 0.3) is 6.08 Å². The fourth-order valence-corrected chi connectivity index (χ4v) is 0. The molecule has 0 spiro atoms. The molecule has 0 aliphatic heterocycles. The normalized spacial score (nSPS) is 6.69. The van der Waals surface area contributed by atoms with Gasteiger partial charge in [-0.3, -0.25) is 0 Å². The van der Waals surface area contributed by atoms with Crippen molar-refractivity contribution >= 4 is 11.6 Å². The average molecular weight is 227 g/mol. The summed E-state index contributed by atoms with van der Waals surface area (Å²) in [6.07, 6.45) is -7.65. The molecule has 0 aromatic heterocycles. The molecule has 0 bridgehead atoms. The molecule has 0 atom stereocenters. The minimum absolute atomic E-state index is 1.22. The van der Waals surface area contributed by atoms with Gasteiger partial charge in [-0.25, -0.2) is 0 Å². The van der Waals surface area contributed by atoms with Gasteiger partial charge in [-0.1, -0.05) is 18.2 Å². The maximum atomic E-state index is 10.3. The van der Waals surface area contributed by atoms with E-state index in [2.05, 4.69) is 13.2 Å². The van der Waals surface area contributed by atoms with Crippen molar-refractivity contribution in [1.82, 2.24) is 0 Å². The van der Waals surface area contributed by atoms with Gasteiger partial charge < -0.3 is 0 Å². The van der Waals surface area contributed by atoms with Crippen molar-refractivity contribution in [1.29, 1.82) is 0 Å². The topological polar surface area (TPSA) is 0 Å². The van der Waals surface area contributed by atoms with E-state index in [1.807, 2.05) is 0 Å². The third-order valence-corrected chi connectivity index (χ3v) is 0.143. The Labute approximate surface area is 75.8 Å². The molecule has 0 aliphatic rings. The predicted molar refractivity (Wildman–Crippen MR) is 38.9 cm³/mol. The van der Waals surface area contributed by atoms with Gasteiger partial charge in [0.1, 0.15) is 0 Å². The fourth-order valence-electron chi connectivity index (χ4n) is 0. The minimum atomic E-state index is -2.91. The van der Waals surface area contributed by atoms with Gasteiger partial charge >= 0.3 is 12.2 Å². The van der Waals surface area contributed by atoms with Gasteiger partial charge in [-0.15, -0.1) is 0 Å². The van der Waals surface area contributed by atoms with E-state index in [4.69, 9.17) is 11.6 Å². The molecule has 13 heavy (non-hydrogen) atoms. The molecular weight excluding hydrogens is 222 g/mol. The molecule has 0 aliphatic carbocycles. The Kier molecular flexibility index (Phi) is 18.9. The van der Waals surface area contributed by atoms with E-state index in [1.165, 1.54) is 5.54 Å². The molecule has 0 aromatic rings. The largest absolute Gasteiger partial charge is 0.334 e. The molecule has 0 radical (unpaired) electrons. The van der Waals surface area contributed by atoms with Gasteiger partial charge in [-0.05, 0) is 12.1 Å². The van der Waals surface area contributed by atoms with Gasteiger partial charge in [0.05, 0.1) is 0 Å². The zero-order valence-electron chi connectivity index (χ0n) is 6.14. The molecule has 0 saturated carbocycles. The van der Waals surface area contributed by atoms with Crippen LogP contribution in [0.1, 0.15) is 0 Å². The van der Waals surface area contributed by atoms with E-state index >= 15 is 0 Å². The predicted octanol–water partition coefficient (Wildman–Crippen LogP) is 4.76. The second-order valence-corrected chi connectivity index (χ2v) is 1.32. The molecular formula is C6H5ClF6. The van der Waals surface area contributed by atoms with Crippen molar-refractivity contribution < 1.29 is 26.3 Å². The third kappa shape index (κ3) is 96.0. The Bertz CT molecular complexity index is 154. The van der Waals surface area contributed by atoms with Crippen LogP contribution in [0.4, 0.5) is 26.3 Å². The second kappa shape index (κ2) is 13.7. The van der Waals surface area contributed by atoms with Crippen LogP contribution in [0.3, 0.4) is 0 Å². The maximum absolute atomic E-state index is 10.3. The Morgan fingerprint density at radius 3 is 1.00 bits per heavy atom. The summed E-state index contributed by atoms with van der Waals surface area (Å²) in [6, 6.07) is 0. The summed E-state index contributed by atoms with van der Waals surface area (Å²) in [7, 11) is 0. The summed E-state index contributed by atoms with van der Waals surface area (Å²) in [5.41, 5.74) is 1.22. The number of hydrogen-bond donors (Lipinski definition) is 0. The summed E-state index contributed by atoms with van der Waals surface area (Å²) in [6.45, 7) is 5.35. The van der Waals surface area contributed by atoms with Crippen molar-refractivity contribution in [2.45, 2.75) is 0 Å². The SMILES string of the molecule is C=C(F)F.C=CCl.FC(F)=C(F)F. The van der Waals surface area contributed by atoms with Gasteiger partial charge in [0.15, 0.2) is 0 Å². The molecule has 0 nitrogen and oxygen atoms in total. The zero-order valence-corrected chi connectivity index (χ0v) is 6.89. The van der Waals surface area contributed by atoms with Crippen molar-refractivity contribution in [3.63, 3.8) is 0 Å². The maximum Gasteiger partial charge on any atom is 0.334 e. The van der Waals surface area contributed by atoms with Crippen LogP contribution in [0.5, 0.6) is 0 Å². The molecule has 0 rings (SSSR count). The van der Waals surface area contributed by atoms with Crippen molar-refractivity contribution in [3.8, 4) is 0 Å². The van der Waals surface area contributed by atoms with E-state index in [1.54, 1.807) is 0 Å². The van der Waals surface area contributed by atoms with Crippen LogP contribution in [0.15, 0.2) is 36.9 Å². The first kappa shape index (κ1) is 18.0. The third-order valence-electron chi connectivity index (χ3n) is 0.143. The lowest BCUT2D eigenvalue weighted by molar-refractivity contribution is 0.308. The highest BCUT2D eigenvalue weighted by Gasteiger charge is 1.98. The lowest BCUT2D eigenvalue weighted by atomic mass is 11.1. The molecule has 0 aromatic carbocycles. The molecule has 0 amide bonds. The monoisotopic (exact) mass is 226 g/mol. The summed E-state index contributed by atoms with van der Waals surface area (Å²) in [5.74, 6) is 0. The van der Waals surface area contributed by atoms with Crippen LogP contribution in [0.2, 0.25) is 0 Å². The molecule has 0 unspecified atom stereocenters. The Morgan fingerprint density at radius 2 is 1.00 bits per heavy atom. The molecule has 0 saturated heterocycles. The van der Waals surface area contributed by atoms with E-state index in [-0.39, 0.29) is 0 Å². The summed E-state index contributed by atoms with van der Waals surface area (Å²) >= 11 is 4.76. The summed E-state index contributed by atoms with van der Waals surface area (Å²) < 4.78 is 61.4. The van der Waals surface area contributed by atoms with Crippen LogP contribution >= 0.6 is 11.6 Å². The second-order valence-electron chi connectivity index (χ2n) is 1.01. The summed E-state index contributed by atoms with van der Waals surface area (Å²) in [4.78, 5) is 0. The minimum Gasteiger partial charge on any atom is -0.174 e. The average Bonchev–Trinajstić information content (AvgIpc) is 1.87. The first-order chi connectivity index (χ1) is 5.79. The van der Waals surface area contributed by atoms with Crippen LogP contribution in [-0.2, 0) is 0 Å². The number of halogens is 7. The number of hydrogen-bond acceptors (Lipinski definition) is 0. The van der Waals surface area contributed by atoms with Crippen molar-refractivity contribution in [2.24, 2.45) is 0 Å². The van der Waals surface area contributed by atoms with Crippen LogP contribution in [0, 0.1) is 0 Å². The van der Waals surface area contributed by atoms with E-state index < -0.39 is 18.2 Å². The lowest BCUT2D eigenvalue weighted by Gasteiger charge is -1.69. The molecule has 0 heterocycles. The molecule has 0 fully saturated rings. The fraction of sp³-hybridized carbons (Fsp3) is 0. The Hall–Kier alpha value is -0.910. The standard InChI is InChI=1S/C2H3Cl.C2F4.C2H2F2/c1-2-3;3-1(4)2(5)6;1-2(3)4/h2H,1H2;;1H2. The Balaban J connectivity index is -0.000000125. The van der Waals surface area contributed by atoms with Crippen LogP contribution < -0.4 is 0 Å². The van der Waals surface area contributed by atoms with Crippen molar-refractivity contribution in [2.75, 3.05) is 0 Å².